The second kappa shape index (κ2) is 7.31. The Morgan fingerprint density at radius 1 is 1.07 bits per heavy atom. The van der Waals surface area contributed by atoms with Gasteiger partial charge >= 0.3 is 6.03 Å². The fraction of sp³-hybridized carbons (Fsp3) is 0.333. The van der Waals surface area contributed by atoms with Crippen LogP contribution in [0.3, 0.4) is 0 Å². The highest BCUT2D eigenvalue weighted by Gasteiger charge is 2.31. The van der Waals surface area contributed by atoms with Crippen molar-refractivity contribution in [3.8, 4) is 11.5 Å². The largest absolute Gasteiger partial charge is 0.486 e. The van der Waals surface area contributed by atoms with Gasteiger partial charge in [0.1, 0.15) is 13.2 Å². The molecule has 0 saturated carbocycles. The zero-order valence-corrected chi connectivity index (χ0v) is 15.2. The lowest BCUT2D eigenvalue weighted by molar-refractivity contribution is 0.101. The molecule has 1 N–H and O–H groups in total. The van der Waals surface area contributed by atoms with Gasteiger partial charge in [-0.3, -0.25) is 4.79 Å². The summed E-state index contributed by atoms with van der Waals surface area (Å²) in [5, 5.41) is 2.92. The molecule has 6 nitrogen and oxygen atoms in total. The van der Waals surface area contributed by atoms with Crippen molar-refractivity contribution in [2.75, 3.05) is 25.1 Å². The Balaban J connectivity index is 1.52. The average Bonchev–Trinajstić information content (AvgIpc) is 3.18. The predicted molar refractivity (Wildman–Crippen MR) is 102 cm³/mol. The number of likely N-dealkylation sites (tertiary alicyclic amines) is 1. The summed E-state index contributed by atoms with van der Waals surface area (Å²) in [5.41, 5.74) is 2.25. The Morgan fingerprint density at radius 2 is 1.89 bits per heavy atom. The lowest BCUT2D eigenvalue weighted by Gasteiger charge is -2.27. The second-order valence-corrected chi connectivity index (χ2v) is 6.82. The summed E-state index contributed by atoms with van der Waals surface area (Å²) in [6.45, 7) is 3.30. The average molecular weight is 366 g/mol. The third-order valence-electron chi connectivity index (χ3n) is 4.99. The number of nitrogens with zero attached hydrogens (tertiary/aromatic N) is 1. The van der Waals surface area contributed by atoms with E-state index in [-0.39, 0.29) is 17.9 Å². The van der Waals surface area contributed by atoms with Crippen LogP contribution in [0.15, 0.2) is 42.5 Å². The summed E-state index contributed by atoms with van der Waals surface area (Å²) >= 11 is 0. The number of amides is 2. The highest BCUT2D eigenvalue weighted by molar-refractivity contribution is 5.96. The first kappa shape index (κ1) is 17.4. The van der Waals surface area contributed by atoms with Crippen LogP contribution >= 0.6 is 0 Å². The Bertz CT molecular complexity index is 880. The van der Waals surface area contributed by atoms with E-state index < -0.39 is 0 Å². The number of rotatable bonds is 3. The summed E-state index contributed by atoms with van der Waals surface area (Å²) in [4.78, 5) is 26.2. The van der Waals surface area contributed by atoms with Crippen LogP contribution in [-0.2, 0) is 0 Å². The number of hydrogen-bond acceptors (Lipinski definition) is 4. The van der Waals surface area contributed by atoms with Gasteiger partial charge in [-0.05, 0) is 49.6 Å². The first-order valence-electron chi connectivity index (χ1n) is 9.20. The van der Waals surface area contributed by atoms with Crippen molar-refractivity contribution in [1.29, 1.82) is 0 Å². The first-order chi connectivity index (χ1) is 13.1. The zero-order valence-electron chi connectivity index (χ0n) is 15.2. The third-order valence-corrected chi connectivity index (χ3v) is 4.99. The van der Waals surface area contributed by atoms with Crippen LogP contribution in [-0.4, -0.2) is 36.5 Å². The maximum atomic E-state index is 12.8. The maximum Gasteiger partial charge on any atom is 0.322 e. The maximum absolute atomic E-state index is 12.8. The summed E-state index contributed by atoms with van der Waals surface area (Å²) < 4.78 is 11.3. The van der Waals surface area contributed by atoms with Crippen LogP contribution in [0.25, 0.3) is 0 Å². The van der Waals surface area contributed by atoms with Gasteiger partial charge in [0.2, 0.25) is 0 Å². The number of urea groups is 1. The minimum absolute atomic E-state index is 0.00295. The van der Waals surface area contributed by atoms with Crippen molar-refractivity contribution in [2.45, 2.75) is 25.8 Å². The van der Waals surface area contributed by atoms with Crippen LogP contribution in [0, 0.1) is 0 Å². The van der Waals surface area contributed by atoms with Gasteiger partial charge in [0.15, 0.2) is 17.3 Å². The van der Waals surface area contributed by atoms with Crippen molar-refractivity contribution in [3.63, 3.8) is 0 Å². The van der Waals surface area contributed by atoms with E-state index in [0.29, 0.717) is 31.0 Å². The molecule has 2 amide bonds. The fourth-order valence-electron chi connectivity index (χ4n) is 3.63. The number of nitrogens with one attached hydrogen (secondary N) is 1. The summed E-state index contributed by atoms with van der Waals surface area (Å²) in [7, 11) is 0. The van der Waals surface area contributed by atoms with Crippen LogP contribution < -0.4 is 14.8 Å². The predicted octanol–water partition coefficient (Wildman–Crippen LogP) is 4.03. The van der Waals surface area contributed by atoms with E-state index in [1.54, 1.807) is 24.3 Å². The highest BCUT2D eigenvalue weighted by atomic mass is 16.6. The van der Waals surface area contributed by atoms with Gasteiger partial charge in [0.25, 0.3) is 0 Å². The molecule has 2 aliphatic heterocycles. The highest BCUT2D eigenvalue weighted by Crippen LogP contribution is 2.38. The summed E-state index contributed by atoms with van der Waals surface area (Å²) in [6.07, 6.45) is 1.85. The standard InChI is InChI=1S/C21H22N2O4/c1-14(24)15-4-2-5-17(12-15)22-21(25)23-9-3-6-18(23)16-7-8-19-20(13-16)27-11-10-26-19/h2,4-5,7-8,12-13,18H,3,6,9-11H2,1H3,(H,22,25). The molecular formula is C21H22N2O4. The van der Waals surface area contributed by atoms with Crippen LogP contribution in [0.2, 0.25) is 0 Å². The summed E-state index contributed by atoms with van der Waals surface area (Å²) in [5.74, 6) is 1.46. The first-order valence-corrected chi connectivity index (χ1v) is 9.20. The number of ether oxygens (including phenoxy) is 2. The lowest BCUT2D eigenvalue weighted by Crippen LogP contribution is -2.34. The molecule has 0 radical (unpaired) electrons. The number of benzene rings is 2. The molecule has 1 saturated heterocycles. The molecule has 1 fully saturated rings. The number of hydrogen-bond donors (Lipinski definition) is 1. The van der Waals surface area contributed by atoms with Crippen molar-refractivity contribution in [3.05, 3.63) is 53.6 Å². The van der Waals surface area contributed by atoms with Crippen molar-refractivity contribution < 1.29 is 19.1 Å². The molecule has 140 valence electrons. The van der Waals surface area contributed by atoms with Gasteiger partial charge in [0.05, 0.1) is 6.04 Å². The van der Waals surface area contributed by atoms with Crippen molar-refractivity contribution >= 4 is 17.5 Å². The number of anilines is 1. The van der Waals surface area contributed by atoms with E-state index in [0.717, 1.165) is 29.9 Å². The smallest absolute Gasteiger partial charge is 0.322 e. The zero-order chi connectivity index (χ0) is 18.8. The monoisotopic (exact) mass is 366 g/mol. The SMILES string of the molecule is CC(=O)c1cccc(NC(=O)N2CCCC2c2ccc3c(c2)OCCO3)c1. The Kier molecular flexibility index (Phi) is 4.71. The third kappa shape index (κ3) is 3.60. The van der Waals surface area contributed by atoms with Gasteiger partial charge in [-0.15, -0.1) is 0 Å². The Labute approximate surface area is 158 Å². The van der Waals surface area contributed by atoms with Crippen molar-refractivity contribution in [1.82, 2.24) is 4.90 Å². The molecule has 1 unspecified atom stereocenters. The van der Waals surface area contributed by atoms with E-state index in [1.165, 1.54) is 6.92 Å². The second-order valence-electron chi connectivity index (χ2n) is 6.82. The molecule has 0 bridgehead atoms. The number of ketones is 1. The van der Waals surface area contributed by atoms with Crippen LogP contribution in [0.5, 0.6) is 11.5 Å². The summed E-state index contributed by atoms with van der Waals surface area (Å²) in [6, 6.07) is 12.7. The molecular weight excluding hydrogens is 344 g/mol. The van der Waals surface area contributed by atoms with E-state index >= 15 is 0 Å². The van der Waals surface area contributed by atoms with Crippen LogP contribution in [0.4, 0.5) is 10.5 Å². The van der Waals surface area contributed by atoms with Crippen molar-refractivity contribution in [2.24, 2.45) is 0 Å². The molecule has 2 aliphatic rings. The molecule has 2 aromatic carbocycles. The van der Waals surface area contributed by atoms with Gasteiger partial charge in [-0.25, -0.2) is 4.79 Å². The number of Topliss-reactive ketones (excluding diaryl/α,β-unsaturated/α-hetero) is 1. The topological polar surface area (TPSA) is 67.9 Å². The van der Waals surface area contributed by atoms with Gasteiger partial charge in [-0.1, -0.05) is 18.2 Å². The van der Waals surface area contributed by atoms with Gasteiger partial charge in [-0.2, -0.15) is 0 Å². The Hall–Kier alpha value is -3.02. The molecule has 2 aromatic rings. The Morgan fingerprint density at radius 3 is 2.70 bits per heavy atom. The van der Waals surface area contributed by atoms with E-state index in [9.17, 15) is 9.59 Å². The van der Waals surface area contributed by atoms with Gasteiger partial charge < -0.3 is 19.7 Å². The minimum Gasteiger partial charge on any atom is -0.486 e. The molecule has 0 aliphatic carbocycles. The molecule has 0 spiro atoms. The lowest BCUT2D eigenvalue weighted by atomic mass is 10.0. The van der Waals surface area contributed by atoms with E-state index in [2.05, 4.69) is 5.32 Å². The molecule has 0 aromatic heterocycles. The molecule has 6 heteroatoms. The number of carbonyl (C=O) groups excluding carboxylic acids is 2. The van der Waals surface area contributed by atoms with Crippen LogP contribution in [0.1, 0.15) is 41.7 Å². The molecule has 2 heterocycles. The number of fused-ring (bicyclic) bond motifs is 1. The minimum atomic E-state index is -0.159. The molecule has 27 heavy (non-hydrogen) atoms. The van der Waals surface area contributed by atoms with Gasteiger partial charge in [0, 0.05) is 17.8 Å². The molecule has 1 atom stereocenters. The normalized spacial score (nSPS) is 18.3. The van der Waals surface area contributed by atoms with E-state index in [1.807, 2.05) is 23.1 Å². The number of carbonyl (C=O) groups is 2. The molecule has 4 rings (SSSR count). The van der Waals surface area contributed by atoms with E-state index in [4.69, 9.17) is 9.47 Å². The quantitative estimate of drug-likeness (QED) is 0.833. The fourth-order valence-corrected chi connectivity index (χ4v) is 3.63.